The molecule has 0 unspecified atom stereocenters. The van der Waals surface area contributed by atoms with Crippen LogP contribution >= 0.6 is 0 Å². The van der Waals surface area contributed by atoms with Crippen LogP contribution < -0.4 is 11.1 Å². The van der Waals surface area contributed by atoms with Gasteiger partial charge in [0.15, 0.2) is 5.96 Å². The van der Waals surface area contributed by atoms with Gasteiger partial charge < -0.3 is 16.0 Å². The Morgan fingerprint density at radius 3 is 2.05 bits per heavy atom. The number of guanidine groups is 1. The fourth-order valence-electron chi connectivity index (χ4n) is 5.41. The molecule has 0 radical (unpaired) electrons. The van der Waals surface area contributed by atoms with Gasteiger partial charge in [-0.3, -0.25) is 0 Å². The van der Waals surface area contributed by atoms with Gasteiger partial charge in [0.2, 0.25) is 0 Å². The molecule has 19 heavy (non-hydrogen) atoms. The van der Waals surface area contributed by atoms with Crippen molar-refractivity contribution in [3.8, 4) is 0 Å². The highest BCUT2D eigenvalue weighted by atomic mass is 15.3. The largest absolute Gasteiger partial charge is 0.370 e. The van der Waals surface area contributed by atoms with Crippen LogP contribution in [0.1, 0.15) is 38.5 Å². The molecule has 0 atom stereocenters. The van der Waals surface area contributed by atoms with Crippen molar-refractivity contribution in [2.45, 2.75) is 44.1 Å². The van der Waals surface area contributed by atoms with Gasteiger partial charge in [-0.15, -0.1) is 0 Å². The lowest BCUT2D eigenvalue weighted by molar-refractivity contribution is 0.000997. The molecule has 5 aliphatic rings. The van der Waals surface area contributed by atoms with Crippen molar-refractivity contribution in [1.29, 1.82) is 0 Å². The van der Waals surface area contributed by atoms with E-state index < -0.39 is 0 Å². The van der Waals surface area contributed by atoms with E-state index in [1.54, 1.807) is 0 Å². The van der Waals surface area contributed by atoms with E-state index in [4.69, 9.17) is 10.7 Å². The molecule has 0 aromatic carbocycles. The zero-order valence-electron chi connectivity index (χ0n) is 11.8. The molecule has 4 nitrogen and oxygen atoms in total. The summed E-state index contributed by atoms with van der Waals surface area (Å²) in [5.74, 6) is 3.67. The number of hydrogen-bond donors (Lipinski definition) is 2. The van der Waals surface area contributed by atoms with E-state index >= 15 is 0 Å². The molecular formula is C15H26N4. The summed E-state index contributed by atoms with van der Waals surface area (Å²) < 4.78 is 0. The molecule has 4 saturated carbocycles. The molecule has 3 N–H and O–H groups in total. The maximum absolute atomic E-state index is 6.32. The summed E-state index contributed by atoms with van der Waals surface area (Å²) in [6.45, 7) is 4.11. The molecule has 106 valence electrons. The molecule has 4 bridgehead atoms. The summed E-state index contributed by atoms with van der Waals surface area (Å²) in [7, 11) is 0. The van der Waals surface area contributed by atoms with Crippen molar-refractivity contribution < 1.29 is 0 Å². The zero-order valence-corrected chi connectivity index (χ0v) is 11.8. The van der Waals surface area contributed by atoms with Crippen molar-refractivity contribution in [3.05, 3.63) is 0 Å². The van der Waals surface area contributed by atoms with E-state index in [1.165, 1.54) is 38.5 Å². The molecule has 0 spiro atoms. The summed E-state index contributed by atoms with van der Waals surface area (Å²) in [5.41, 5.74) is 6.54. The van der Waals surface area contributed by atoms with Gasteiger partial charge >= 0.3 is 0 Å². The predicted molar refractivity (Wildman–Crippen MR) is 77.0 cm³/mol. The van der Waals surface area contributed by atoms with E-state index in [-0.39, 0.29) is 5.54 Å². The minimum absolute atomic E-state index is 0.226. The minimum Gasteiger partial charge on any atom is -0.370 e. The Morgan fingerprint density at radius 2 is 1.53 bits per heavy atom. The highest BCUT2D eigenvalue weighted by Gasteiger charge is 2.51. The second-order valence-corrected chi connectivity index (χ2v) is 7.35. The number of nitrogens with two attached hydrogens (primary N) is 1. The van der Waals surface area contributed by atoms with Crippen LogP contribution in [0.5, 0.6) is 0 Å². The molecule has 4 heteroatoms. The Hall–Kier alpha value is -0.770. The molecule has 0 aromatic heterocycles. The zero-order chi connectivity index (χ0) is 12.9. The molecular weight excluding hydrogens is 236 g/mol. The fraction of sp³-hybridized carbons (Fsp3) is 0.933. The third-order valence-corrected chi connectivity index (χ3v) is 5.80. The SMILES string of the molecule is NC(=NC12CC3CC(CC(C3)C1)C2)N1CCNCC1. The van der Waals surface area contributed by atoms with Crippen LogP contribution in [0.4, 0.5) is 0 Å². The van der Waals surface area contributed by atoms with E-state index in [1.807, 2.05) is 0 Å². The smallest absolute Gasteiger partial charge is 0.191 e. The lowest BCUT2D eigenvalue weighted by atomic mass is 9.53. The number of piperazine rings is 1. The topological polar surface area (TPSA) is 53.6 Å². The van der Waals surface area contributed by atoms with Crippen molar-refractivity contribution in [1.82, 2.24) is 10.2 Å². The van der Waals surface area contributed by atoms with Crippen LogP contribution in [-0.4, -0.2) is 42.6 Å². The first-order valence-corrected chi connectivity index (χ1v) is 8.03. The van der Waals surface area contributed by atoms with E-state index in [0.29, 0.717) is 0 Å². The Balaban J connectivity index is 1.54. The fourth-order valence-corrected chi connectivity index (χ4v) is 5.41. The second kappa shape index (κ2) is 4.37. The van der Waals surface area contributed by atoms with Crippen LogP contribution in [0.15, 0.2) is 4.99 Å². The summed E-state index contributed by atoms with van der Waals surface area (Å²) in [5, 5.41) is 3.38. The van der Waals surface area contributed by atoms with E-state index in [9.17, 15) is 0 Å². The third kappa shape index (κ3) is 2.14. The standard InChI is InChI=1S/C15H26N4/c16-14(19-3-1-17-2-4-19)18-15-8-11-5-12(9-15)7-13(6-11)10-15/h11-13,17H,1-10H2,(H2,16,18). The van der Waals surface area contributed by atoms with Crippen molar-refractivity contribution in [2.75, 3.05) is 26.2 Å². The first-order valence-electron chi connectivity index (χ1n) is 8.03. The Bertz CT molecular complexity index is 348. The Kier molecular flexibility index (Phi) is 2.76. The van der Waals surface area contributed by atoms with Gasteiger partial charge in [-0.1, -0.05) is 0 Å². The summed E-state index contributed by atoms with van der Waals surface area (Å²) in [4.78, 5) is 7.36. The average molecular weight is 262 g/mol. The molecule has 1 saturated heterocycles. The summed E-state index contributed by atoms with van der Waals surface area (Å²) >= 11 is 0. The lowest BCUT2D eigenvalue weighted by Crippen LogP contribution is -2.53. The molecule has 4 aliphatic carbocycles. The van der Waals surface area contributed by atoms with Gasteiger partial charge in [-0.2, -0.15) is 0 Å². The number of aliphatic imine (C=N–C) groups is 1. The molecule has 5 fully saturated rings. The van der Waals surface area contributed by atoms with Crippen LogP contribution in [0, 0.1) is 17.8 Å². The van der Waals surface area contributed by atoms with Gasteiger partial charge in [0.1, 0.15) is 0 Å². The van der Waals surface area contributed by atoms with Crippen molar-refractivity contribution in [3.63, 3.8) is 0 Å². The minimum atomic E-state index is 0.226. The molecule has 1 heterocycles. The lowest BCUT2D eigenvalue weighted by Gasteiger charge is -2.55. The quantitative estimate of drug-likeness (QED) is 0.551. The van der Waals surface area contributed by atoms with Crippen molar-refractivity contribution in [2.24, 2.45) is 28.5 Å². The maximum Gasteiger partial charge on any atom is 0.191 e. The number of nitrogens with one attached hydrogen (secondary N) is 1. The maximum atomic E-state index is 6.32. The normalized spacial score (nSPS) is 45.8. The third-order valence-electron chi connectivity index (χ3n) is 5.80. The first kappa shape index (κ1) is 12.0. The van der Waals surface area contributed by atoms with Gasteiger partial charge in [0.25, 0.3) is 0 Å². The van der Waals surface area contributed by atoms with Gasteiger partial charge in [0.05, 0.1) is 5.54 Å². The van der Waals surface area contributed by atoms with E-state index in [2.05, 4.69) is 10.2 Å². The molecule has 0 amide bonds. The molecule has 1 aliphatic heterocycles. The number of rotatable bonds is 1. The first-order chi connectivity index (χ1) is 9.22. The summed E-state index contributed by atoms with van der Waals surface area (Å²) in [6.07, 6.45) is 8.36. The number of nitrogens with zero attached hydrogens (tertiary/aromatic N) is 2. The second-order valence-electron chi connectivity index (χ2n) is 7.35. The van der Waals surface area contributed by atoms with Crippen LogP contribution in [0.3, 0.4) is 0 Å². The highest BCUT2D eigenvalue weighted by Crippen LogP contribution is 2.57. The predicted octanol–water partition coefficient (Wildman–Crippen LogP) is 1.18. The van der Waals surface area contributed by atoms with Crippen molar-refractivity contribution >= 4 is 5.96 Å². The molecule has 0 aromatic rings. The van der Waals surface area contributed by atoms with E-state index in [0.717, 1.165) is 49.9 Å². The van der Waals surface area contributed by atoms with Gasteiger partial charge in [0, 0.05) is 26.2 Å². The highest BCUT2D eigenvalue weighted by molar-refractivity contribution is 5.78. The summed E-state index contributed by atoms with van der Waals surface area (Å²) in [6, 6.07) is 0. The monoisotopic (exact) mass is 262 g/mol. The molecule has 5 rings (SSSR count). The van der Waals surface area contributed by atoms with Crippen LogP contribution in [-0.2, 0) is 0 Å². The van der Waals surface area contributed by atoms with Crippen LogP contribution in [0.2, 0.25) is 0 Å². The number of hydrogen-bond acceptors (Lipinski definition) is 2. The Morgan fingerprint density at radius 1 is 1.00 bits per heavy atom. The van der Waals surface area contributed by atoms with Gasteiger partial charge in [-0.05, 0) is 56.3 Å². The van der Waals surface area contributed by atoms with Crippen LogP contribution in [0.25, 0.3) is 0 Å². The Labute approximate surface area is 115 Å². The average Bonchev–Trinajstić information content (AvgIpc) is 2.37. The van der Waals surface area contributed by atoms with Gasteiger partial charge in [-0.25, -0.2) is 4.99 Å².